The van der Waals surface area contributed by atoms with Gasteiger partial charge in [0.2, 0.25) is 6.79 Å². The topological polar surface area (TPSA) is 80.6 Å². The van der Waals surface area contributed by atoms with Gasteiger partial charge >= 0.3 is 0 Å². The van der Waals surface area contributed by atoms with Gasteiger partial charge in [0.25, 0.3) is 0 Å². The SMILES string of the molecule is CCn1cc(C(=O)[O-])c(=O)c2cc3c(cc21)OCO3. The van der Waals surface area contributed by atoms with Crippen LogP contribution in [0.25, 0.3) is 10.9 Å². The normalized spacial score (nSPS) is 12.9. The van der Waals surface area contributed by atoms with Crippen molar-refractivity contribution in [2.45, 2.75) is 13.5 Å². The lowest BCUT2D eigenvalue weighted by Gasteiger charge is -2.12. The molecule has 2 heterocycles. The molecule has 0 aliphatic carbocycles. The molecule has 6 nitrogen and oxygen atoms in total. The predicted molar refractivity (Wildman–Crippen MR) is 64.3 cm³/mol. The summed E-state index contributed by atoms with van der Waals surface area (Å²) < 4.78 is 12.1. The largest absolute Gasteiger partial charge is 0.545 e. The highest BCUT2D eigenvalue weighted by Gasteiger charge is 2.18. The first-order valence-corrected chi connectivity index (χ1v) is 5.80. The van der Waals surface area contributed by atoms with Crippen LogP contribution in [0.5, 0.6) is 11.5 Å². The van der Waals surface area contributed by atoms with Gasteiger partial charge in [-0.25, -0.2) is 0 Å². The molecule has 0 radical (unpaired) electrons. The van der Waals surface area contributed by atoms with Crippen LogP contribution in [0.3, 0.4) is 0 Å². The van der Waals surface area contributed by atoms with E-state index in [9.17, 15) is 14.7 Å². The van der Waals surface area contributed by atoms with Gasteiger partial charge < -0.3 is 23.9 Å². The fourth-order valence-corrected chi connectivity index (χ4v) is 2.19. The van der Waals surface area contributed by atoms with Crippen LogP contribution in [0, 0.1) is 0 Å². The fourth-order valence-electron chi connectivity index (χ4n) is 2.19. The lowest BCUT2D eigenvalue weighted by atomic mass is 10.1. The summed E-state index contributed by atoms with van der Waals surface area (Å²) >= 11 is 0. The highest BCUT2D eigenvalue weighted by atomic mass is 16.7. The Morgan fingerprint density at radius 1 is 1.37 bits per heavy atom. The summed E-state index contributed by atoms with van der Waals surface area (Å²) in [5.74, 6) is -0.482. The number of carbonyl (C=O) groups is 1. The molecule has 2 aromatic rings. The average Bonchev–Trinajstić information content (AvgIpc) is 2.84. The minimum atomic E-state index is -1.48. The van der Waals surface area contributed by atoms with Crippen LogP contribution >= 0.6 is 0 Å². The van der Waals surface area contributed by atoms with Crippen LogP contribution in [-0.4, -0.2) is 17.3 Å². The zero-order valence-corrected chi connectivity index (χ0v) is 10.1. The number of pyridine rings is 1. The molecule has 0 spiro atoms. The van der Waals surface area contributed by atoms with E-state index in [-0.39, 0.29) is 17.7 Å². The molecule has 0 N–H and O–H groups in total. The number of fused-ring (bicyclic) bond motifs is 2. The van der Waals surface area contributed by atoms with E-state index in [2.05, 4.69) is 0 Å². The third kappa shape index (κ3) is 1.64. The Balaban J connectivity index is 2.43. The zero-order chi connectivity index (χ0) is 13.6. The Kier molecular flexibility index (Phi) is 2.45. The van der Waals surface area contributed by atoms with E-state index in [1.54, 1.807) is 10.6 Å². The van der Waals surface area contributed by atoms with Crippen LogP contribution < -0.4 is 20.0 Å². The van der Waals surface area contributed by atoms with Gasteiger partial charge in [0.05, 0.1) is 22.4 Å². The van der Waals surface area contributed by atoms with Crippen molar-refractivity contribution in [1.29, 1.82) is 0 Å². The molecule has 0 bridgehead atoms. The van der Waals surface area contributed by atoms with Crippen molar-refractivity contribution in [2.75, 3.05) is 6.79 Å². The second-order valence-corrected chi connectivity index (χ2v) is 4.17. The van der Waals surface area contributed by atoms with E-state index in [4.69, 9.17) is 9.47 Å². The number of hydrogen-bond donors (Lipinski definition) is 0. The Labute approximate surface area is 107 Å². The van der Waals surface area contributed by atoms with Crippen LogP contribution in [0.4, 0.5) is 0 Å². The van der Waals surface area contributed by atoms with Crippen molar-refractivity contribution in [1.82, 2.24) is 4.57 Å². The predicted octanol–water partition coefficient (Wildman–Crippen LogP) is 0.114. The van der Waals surface area contributed by atoms with Gasteiger partial charge in [-0.05, 0) is 13.0 Å². The van der Waals surface area contributed by atoms with Crippen molar-refractivity contribution < 1.29 is 19.4 Å². The highest BCUT2D eigenvalue weighted by molar-refractivity contribution is 5.92. The average molecular weight is 260 g/mol. The maximum atomic E-state index is 12.1. The molecule has 19 heavy (non-hydrogen) atoms. The number of aryl methyl sites for hydroxylation is 1. The highest BCUT2D eigenvalue weighted by Crippen LogP contribution is 2.35. The minimum Gasteiger partial charge on any atom is -0.545 e. The summed E-state index contributed by atoms with van der Waals surface area (Å²) in [4.78, 5) is 23.1. The molecule has 0 amide bonds. The number of carboxylic acids is 1. The van der Waals surface area contributed by atoms with Crippen molar-refractivity contribution >= 4 is 16.9 Å². The first kappa shape index (κ1) is 11.6. The molecular weight excluding hydrogens is 250 g/mol. The summed E-state index contributed by atoms with van der Waals surface area (Å²) in [7, 11) is 0. The second kappa shape index (κ2) is 4.01. The van der Waals surface area contributed by atoms with Gasteiger partial charge in [-0.1, -0.05) is 0 Å². The lowest BCUT2D eigenvalue weighted by Crippen LogP contribution is -2.30. The van der Waals surface area contributed by atoms with Gasteiger partial charge in [-0.3, -0.25) is 4.79 Å². The Morgan fingerprint density at radius 3 is 2.68 bits per heavy atom. The van der Waals surface area contributed by atoms with E-state index in [1.807, 2.05) is 6.92 Å². The van der Waals surface area contributed by atoms with E-state index in [1.165, 1.54) is 12.3 Å². The van der Waals surface area contributed by atoms with Gasteiger partial charge in [0, 0.05) is 18.8 Å². The molecule has 0 atom stereocenters. The molecule has 1 aromatic carbocycles. The summed E-state index contributed by atoms with van der Waals surface area (Å²) in [5, 5.41) is 11.3. The number of aromatic carboxylic acids is 1. The number of hydrogen-bond acceptors (Lipinski definition) is 5. The van der Waals surface area contributed by atoms with Crippen molar-refractivity contribution in [3.63, 3.8) is 0 Å². The smallest absolute Gasteiger partial charge is 0.231 e. The molecule has 0 unspecified atom stereocenters. The third-order valence-corrected chi connectivity index (χ3v) is 3.14. The number of rotatable bonds is 2. The first-order chi connectivity index (χ1) is 9.11. The summed E-state index contributed by atoms with van der Waals surface area (Å²) in [6, 6.07) is 3.19. The Morgan fingerprint density at radius 2 is 2.05 bits per heavy atom. The van der Waals surface area contributed by atoms with Gasteiger partial charge in [0.15, 0.2) is 16.9 Å². The van der Waals surface area contributed by atoms with E-state index in [0.29, 0.717) is 23.6 Å². The van der Waals surface area contributed by atoms with Crippen LogP contribution in [0.2, 0.25) is 0 Å². The second-order valence-electron chi connectivity index (χ2n) is 4.17. The zero-order valence-electron chi connectivity index (χ0n) is 10.1. The Bertz CT molecular complexity index is 747. The summed E-state index contributed by atoms with van der Waals surface area (Å²) in [6.07, 6.45) is 1.29. The molecule has 0 saturated heterocycles. The third-order valence-electron chi connectivity index (χ3n) is 3.14. The molecule has 3 rings (SSSR count). The van der Waals surface area contributed by atoms with E-state index in [0.717, 1.165) is 0 Å². The molecule has 98 valence electrons. The lowest BCUT2D eigenvalue weighted by molar-refractivity contribution is -0.255. The quantitative estimate of drug-likeness (QED) is 0.765. The van der Waals surface area contributed by atoms with Crippen LogP contribution in [0.1, 0.15) is 17.3 Å². The number of ether oxygens (including phenoxy) is 2. The molecule has 1 aliphatic heterocycles. The molecule has 0 saturated carbocycles. The fraction of sp³-hybridized carbons (Fsp3) is 0.231. The number of benzene rings is 1. The number of carboxylic acid groups (broad SMARTS) is 1. The monoisotopic (exact) mass is 260 g/mol. The van der Waals surface area contributed by atoms with Gasteiger partial charge in [0.1, 0.15) is 0 Å². The molecule has 1 aliphatic rings. The first-order valence-electron chi connectivity index (χ1n) is 5.80. The van der Waals surface area contributed by atoms with Crippen molar-refractivity contribution in [3.05, 3.63) is 34.1 Å². The van der Waals surface area contributed by atoms with E-state index < -0.39 is 11.4 Å². The van der Waals surface area contributed by atoms with Crippen LogP contribution in [0.15, 0.2) is 23.1 Å². The van der Waals surface area contributed by atoms with Gasteiger partial charge in [-0.2, -0.15) is 0 Å². The number of nitrogens with zero attached hydrogens (tertiary/aromatic N) is 1. The summed E-state index contributed by atoms with van der Waals surface area (Å²) in [5.41, 5.74) is -0.312. The van der Waals surface area contributed by atoms with Crippen LogP contribution in [-0.2, 0) is 6.54 Å². The summed E-state index contributed by atoms with van der Waals surface area (Å²) in [6.45, 7) is 2.48. The van der Waals surface area contributed by atoms with Gasteiger partial charge in [-0.15, -0.1) is 0 Å². The Hall–Kier alpha value is -2.50. The molecule has 0 fully saturated rings. The molecule has 1 aromatic heterocycles. The molecular formula is C13H10NO5-. The maximum absolute atomic E-state index is 12.1. The minimum absolute atomic E-state index is 0.0965. The van der Waals surface area contributed by atoms with E-state index >= 15 is 0 Å². The number of carbonyl (C=O) groups excluding carboxylic acids is 1. The van der Waals surface area contributed by atoms with Crippen molar-refractivity contribution in [2.24, 2.45) is 0 Å². The maximum Gasteiger partial charge on any atom is 0.231 e. The standard InChI is InChI=1S/C13H11NO5/c1-2-14-5-8(13(16)17)12(15)7-3-10-11(4-9(7)14)19-6-18-10/h3-5H,2,6H2,1H3,(H,16,17)/p-1. The van der Waals surface area contributed by atoms with Crippen molar-refractivity contribution in [3.8, 4) is 11.5 Å². The molecule has 6 heteroatoms. The number of aromatic nitrogens is 1.